The third kappa shape index (κ3) is 2.56. The Morgan fingerprint density at radius 3 is 2.57 bits per heavy atom. The van der Waals surface area contributed by atoms with Gasteiger partial charge >= 0.3 is 0 Å². The van der Waals surface area contributed by atoms with Crippen molar-refractivity contribution in [2.24, 2.45) is 0 Å². The van der Waals surface area contributed by atoms with Crippen LogP contribution in [0.25, 0.3) is 0 Å². The minimum Gasteiger partial charge on any atom is -0.385 e. The van der Waals surface area contributed by atoms with Gasteiger partial charge in [-0.15, -0.1) is 0 Å². The zero-order chi connectivity index (χ0) is 10.6. The topological polar surface area (TPSA) is 29.5 Å². The molecule has 0 spiro atoms. The van der Waals surface area contributed by atoms with Gasteiger partial charge in [-0.2, -0.15) is 0 Å². The highest BCUT2D eigenvalue weighted by Crippen LogP contribution is 2.26. The fourth-order valence-corrected chi connectivity index (χ4v) is 1.61. The van der Waals surface area contributed by atoms with Crippen LogP contribution in [0.3, 0.4) is 0 Å². The summed E-state index contributed by atoms with van der Waals surface area (Å²) in [5, 5.41) is 10.2. The number of methoxy groups -OCH3 is 1. The van der Waals surface area contributed by atoms with Crippen LogP contribution in [0.1, 0.15) is 24.5 Å². The van der Waals surface area contributed by atoms with Crippen molar-refractivity contribution in [3.63, 3.8) is 0 Å². The van der Waals surface area contributed by atoms with Crippen molar-refractivity contribution in [2.75, 3.05) is 13.7 Å². The summed E-state index contributed by atoms with van der Waals surface area (Å²) in [6.07, 6.45) is 0.619. The normalized spacial score (nSPS) is 15.1. The molecule has 0 aliphatic heterocycles. The van der Waals surface area contributed by atoms with Crippen LogP contribution in [0.4, 0.5) is 0 Å². The standard InChI is InChI=1S/C12H18O2/c1-10-6-4-5-7-11(10)12(2,13)8-9-14-3/h4-7,13H,8-9H2,1-3H3. The van der Waals surface area contributed by atoms with E-state index in [1.165, 1.54) is 0 Å². The molecule has 1 rings (SSSR count). The average molecular weight is 194 g/mol. The van der Waals surface area contributed by atoms with Crippen molar-refractivity contribution < 1.29 is 9.84 Å². The zero-order valence-corrected chi connectivity index (χ0v) is 9.08. The van der Waals surface area contributed by atoms with E-state index in [0.29, 0.717) is 13.0 Å². The molecule has 0 aliphatic carbocycles. The molecular formula is C12H18O2. The van der Waals surface area contributed by atoms with E-state index in [0.717, 1.165) is 11.1 Å². The summed E-state index contributed by atoms with van der Waals surface area (Å²) >= 11 is 0. The molecule has 1 N–H and O–H groups in total. The maximum atomic E-state index is 10.2. The number of hydrogen-bond acceptors (Lipinski definition) is 2. The summed E-state index contributed by atoms with van der Waals surface area (Å²) in [7, 11) is 1.65. The fourth-order valence-electron chi connectivity index (χ4n) is 1.61. The van der Waals surface area contributed by atoms with Crippen LogP contribution in [0.5, 0.6) is 0 Å². The SMILES string of the molecule is COCCC(C)(O)c1ccccc1C. The van der Waals surface area contributed by atoms with Crippen molar-refractivity contribution in [3.05, 3.63) is 35.4 Å². The van der Waals surface area contributed by atoms with Crippen LogP contribution >= 0.6 is 0 Å². The summed E-state index contributed by atoms with van der Waals surface area (Å²) in [6, 6.07) is 7.90. The maximum Gasteiger partial charge on any atom is 0.0893 e. The predicted octanol–water partition coefficient (Wildman–Crippen LogP) is 2.24. The monoisotopic (exact) mass is 194 g/mol. The lowest BCUT2D eigenvalue weighted by Crippen LogP contribution is -2.24. The van der Waals surface area contributed by atoms with Crippen molar-refractivity contribution >= 4 is 0 Å². The molecule has 0 saturated carbocycles. The summed E-state index contributed by atoms with van der Waals surface area (Å²) in [5.74, 6) is 0. The first kappa shape index (κ1) is 11.2. The van der Waals surface area contributed by atoms with Gasteiger partial charge in [0, 0.05) is 20.1 Å². The van der Waals surface area contributed by atoms with Gasteiger partial charge in [-0.25, -0.2) is 0 Å². The molecule has 0 saturated heterocycles. The Hall–Kier alpha value is -0.860. The molecule has 0 aliphatic rings. The van der Waals surface area contributed by atoms with Crippen LogP contribution in [0.15, 0.2) is 24.3 Å². The average Bonchev–Trinajstić information content (AvgIpc) is 2.15. The van der Waals surface area contributed by atoms with Gasteiger partial charge in [0.15, 0.2) is 0 Å². The quantitative estimate of drug-likeness (QED) is 0.796. The van der Waals surface area contributed by atoms with E-state index >= 15 is 0 Å². The molecule has 0 fully saturated rings. The highest BCUT2D eigenvalue weighted by atomic mass is 16.5. The molecule has 78 valence electrons. The third-order valence-corrected chi connectivity index (χ3v) is 2.52. The number of hydrogen-bond donors (Lipinski definition) is 1. The van der Waals surface area contributed by atoms with Crippen molar-refractivity contribution in [1.82, 2.24) is 0 Å². The molecule has 1 atom stereocenters. The lowest BCUT2D eigenvalue weighted by atomic mass is 9.89. The smallest absolute Gasteiger partial charge is 0.0893 e. The van der Waals surface area contributed by atoms with Gasteiger partial charge in [0.2, 0.25) is 0 Å². The van der Waals surface area contributed by atoms with Crippen molar-refractivity contribution in [1.29, 1.82) is 0 Å². The largest absolute Gasteiger partial charge is 0.385 e. The minimum absolute atomic E-state index is 0.571. The van der Waals surface area contributed by atoms with Gasteiger partial charge < -0.3 is 9.84 Å². The van der Waals surface area contributed by atoms with E-state index in [2.05, 4.69) is 0 Å². The molecule has 2 heteroatoms. The number of aryl methyl sites for hydroxylation is 1. The highest BCUT2D eigenvalue weighted by Gasteiger charge is 2.23. The van der Waals surface area contributed by atoms with Gasteiger partial charge in [0.05, 0.1) is 5.60 Å². The number of rotatable bonds is 4. The molecule has 0 radical (unpaired) electrons. The molecular weight excluding hydrogens is 176 g/mol. The summed E-state index contributed by atoms with van der Waals surface area (Å²) in [5.41, 5.74) is 1.31. The Balaban J connectivity index is 2.86. The fraction of sp³-hybridized carbons (Fsp3) is 0.500. The van der Waals surface area contributed by atoms with Gasteiger partial charge in [0.25, 0.3) is 0 Å². The lowest BCUT2D eigenvalue weighted by Gasteiger charge is -2.25. The Morgan fingerprint density at radius 1 is 1.36 bits per heavy atom. The Bertz CT molecular complexity index is 292. The highest BCUT2D eigenvalue weighted by molar-refractivity contribution is 5.30. The van der Waals surface area contributed by atoms with Gasteiger partial charge in [-0.3, -0.25) is 0 Å². The first-order chi connectivity index (χ1) is 6.58. The predicted molar refractivity (Wildman–Crippen MR) is 57.2 cm³/mol. The molecule has 14 heavy (non-hydrogen) atoms. The molecule has 0 heterocycles. The van der Waals surface area contributed by atoms with Crippen LogP contribution in [-0.2, 0) is 10.3 Å². The summed E-state index contributed by atoms with van der Waals surface area (Å²) < 4.78 is 4.98. The maximum absolute atomic E-state index is 10.2. The summed E-state index contributed by atoms with van der Waals surface area (Å²) in [4.78, 5) is 0. The molecule has 0 amide bonds. The second kappa shape index (κ2) is 4.58. The molecule has 0 aromatic heterocycles. The van der Waals surface area contributed by atoms with Crippen LogP contribution in [0.2, 0.25) is 0 Å². The zero-order valence-electron chi connectivity index (χ0n) is 9.08. The van der Waals surface area contributed by atoms with E-state index < -0.39 is 5.60 Å². The number of aliphatic hydroxyl groups is 1. The Labute approximate surface area is 85.5 Å². The lowest BCUT2D eigenvalue weighted by molar-refractivity contribution is 0.0205. The van der Waals surface area contributed by atoms with E-state index in [-0.39, 0.29) is 0 Å². The van der Waals surface area contributed by atoms with Crippen molar-refractivity contribution in [2.45, 2.75) is 25.9 Å². The molecule has 1 unspecified atom stereocenters. The van der Waals surface area contributed by atoms with Crippen LogP contribution < -0.4 is 0 Å². The first-order valence-corrected chi connectivity index (χ1v) is 4.85. The molecule has 2 nitrogen and oxygen atoms in total. The van der Waals surface area contributed by atoms with E-state index in [9.17, 15) is 5.11 Å². The van der Waals surface area contributed by atoms with E-state index in [4.69, 9.17) is 4.74 Å². The second-order valence-corrected chi connectivity index (χ2v) is 3.83. The third-order valence-electron chi connectivity index (χ3n) is 2.52. The van der Waals surface area contributed by atoms with Crippen LogP contribution in [0, 0.1) is 6.92 Å². The summed E-state index contributed by atoms with van der Waals surface area (Å²) in [6.45, 7) is 4.41. The second-order valence-electron chi connectivity index (χ2n) is 3.83. The van der Waals surface area contributed by atoms with Gasteiger partial charge in [-0.05, 0) is 25.0 Å². The van der Waals surface area contributed by atoms with Crippen LogP contribution in [-0.4, -0.2) is 18.8 Å². The van der Waals surface area contributed by atoms with Gasteiger partial charge in [-0.1, -0.05) is 24.3 Å². The van der Waals surface area contributed by atoms with Crippen molar-refractivity contribution in [3.8, 4) is 0 Å². The first-order valence-electron chi connectivity index (χ1n) is 4.85. The van der Waals surface area contributed by atoms with E-state index in [1.54, 1.807) is 7.11 Å². The molecule has 1 aromatic rings. The molecule has 1 aromatic carbocycles. The van der Waals surface area contributed by atoms with Gasteiger partial charge in [0.1, 0.15) is 0 Å². The molecule has 0 bridgehead atoms. The Kier molecular flexibility index (Phi) is 3.67. The minimum atomic E-state index is -0.790. The Morgan fingerprint density at radius 2 is 2.00 bits per heavy atom. The number of ether oxygens (including phenoxy) is 1. The number of benzene rings is 1. The van der Waals surface area contributed by atoms with E-state index in [1.807, 2.05) is 38.1 Å².